The Morgan fingerprint density at radius 2 is 1.86 bits per heavy atom. The molecule has 0 bridgehead atoms. The van der Waals surface area contributed by atoms with Crippen LogP contribution in [0.4, 0.5) is 0 Å². The first-order chi connectivity index (χ1) is 17.1. The number of carbonyl (C=O) groups excluding carboxylic acids is 2. The van der Waals surface area contributed by atoms with Crippen LogP contribution in [0.15, 0.2) is 48.5 Å². The molecule has 3 heterocycles. The number of fused-ring (bicyclic) bond motifs is 3. The largest absolute Gasteiger partial charge is 0.497 e. The lowest BCUT2D eigenvalue weighted by molar-refractivity contribution is -0.122. The fourth-order valence-electron chi connectivity index (χ4n) is 5.23. The molecule has 2 aromatic carbocycles. The summed E-state index contributed by atoms with van der Waals surface area (Å²) in [5.74, 6) is 0.486. The van der Waals surface area contributed by atoms with Crippen molar-refractivity contribution in [2.75, 3.05) is 53.0 Å². The maximum atomic E-state index is 13.6. The molecule has 8 heteroatoms. The van der Waals surface area contributed by atoms with Gasteiger partial charge in [0, 0.05) is 43.1 Å². The summed E-state index contributed by atoms with van der Waals surface area (Å²) in [5, 5.41) is 4.05. The Balaban J connectivity index is 1.36. The zero-order valence-corrected chi connectivity index (χ0v) is 20.3. The molecule has 5 rings (SSSR count). The quantitative estimate of drug-likeness (QED) is 0.506. The van der Waals surface area contributed by atoms with Crippen molar-refractivity contribution >= 4 is 22.7 Å². The molecule has 1 N–H and O–H groups in total. The van der Waals surface area contributed by atoms with Gasteiger partial charge in [0.05, 0.1) is 26.4 Å². The van der Waals surface area contributed by atoms with E-state index in [2.05, 4.69) is 10.2 Å². The summed E-state index contributed by atoms with van der Waals surface area (Å²) in [5.41, 5.74) is 3.57. The molecule has 1 atom stereocenters. The van der Waals surface area contributed by atoms with E-state index >= 15 is 0 Å². The Hall–Kier alpha value is -3.36. The average Bonchev–Trinajstić information content (AvgIpc) is 3.34. The molecule has 35 heavy (non-hydrogen) atoms. The molecule has 2 aliphatic heterocycles. The molecule has 0 radical (unpaired) electrons. The fraction of sp³-hybridized carbons (Fsp3) is 0.407. The van der Waals surface area contributed by atoms with E-state index in [0.29, 0.717) is 12.2 Å². The van der Waals surface area contributed by atoms with Gasteiger partial charge in [0.25, 0.3) is 5.91 Å². The van der Waals surface area contributed by atoms with E-state index in [4.69, 9.17) is 9.47 Å². The van der Waals surface area contributed by atoms with E-state index in [-0.39, 0.29) is 24.4 Å². The van der Waals surface area contributed by atoms with E-state index in [1.54, 1.807) is 12.0 Å². The molecule has 0 unspecified atom stereocenters. The summed E-state index contributed by atoms with van der Waals surface area (Å²) >= 11 is 0. The second kappa shape index (κ2) is 10.1. The van der Waals surface area contributed by atoms with E-state index in [1.165, 1.54) is 0 Å². The van der Waals surface area contributed by atoms with E-state index in [0.717, 1.165) is 67.0 Å². The van der Waals surface area contributed by atoms with Gasteiger partial charge in [0.15, 0.2) is 0 Å². The minimum Gasteiger partial charge on any atom is -0.497 e. The van der Waals surface area contributed by atoms with Gasteiger partial charge < -0.3 is 24.3 Å². The van der Waals surface area contributed by atoms with E-state index < -0.39 is 0 Å². The van der Waals surface area contributed by atoms with E-state index in [9.17, 15) is 9.59 Å². The van der Waals surface area contributed by atoms with Crippen LogP contribution < -0.4 is 10.1 Å². The van der Waals surface area contributed by atoms with Crippen LogP contribution in [0.2, 0.25) is 0 Å². The van der Waals surface area contributed by atoms with Crippen LogP contribution in [-0.2, 0) is 16.6 Å². The summed E-state index contributed by atoms with van der Waals surface area (Å²) in [6, 6.07) is 15.4. The number of para-hydroxylation sites is 1. The maximum Gasteiger partial charge on any atom is 0.272 e. The van der Waals surface area contributed by atoms with Crippen molar-refractivity contribution in [1.29, 1.82) is 0 Å². The van der Waals surface area contributed by atoms with Gasteiger partial charge in [-0.1, -0.05) is 30.3 Å². The summed E-state index contributed by atoms with van der Waals surface area (Å²) in [6.07, 6.45) is 0.868. The number of nitrogens with one attached hydrogen (secondary N) is 1. The Morgan fingerprint density at radius 1 is 1.11 bits per heavy atom. The standard InChI is InChI=1S/C27H32N4O4/c1-29-22-7-4-3-6-21(22)24-25(19-8-10-20(34-2)11-9-19)31(27(33)26(24)29)18-23(32)28-12-5-13-30-14-16-35-17-15-30/h3-4,6-11,25H,5,12-18H2,1-2H3,(H,28,32)/t25-/m0/s1. The first-order valence-electron chi connectivity index (χ1n) is 12.2. The van der Waals surface area contributed by atoms with Gasteiger partial charge in [0.2, 0.25) is 5.91 Å². The summed E-state index contributed by atoms with van der Waals surface area (Å²) < 4.78 is 12.7. The highest BCUT2D eigenvalue weighted by Gasteiger charge is 2.42. The van der Waals surface area contributed by atoms with Crippen LogP contribution in [0, 0.1) is 0 Å². The normalized spacial score (nSPS) is 18.2. The number of aromatic nitrogens is 1. The van der Waals surface area contributed by atoms with Crippen molar-refractivity contribution in [2.45, 2.75) is 12.5 Å². The molecule has 8 nitrogen and oxygen atoms in total. The van der Waals surface area contributed by atoms with Crippen molar-refractivity contribution < 1.29 is 19.1 Å². The van der Waals surface area contributed by atoms with Gasteiger partial charge >= 0.3 is 0 Å². The number of benzene rings is 2. The number of rotatable bonds is 8. The Bertz CT molecular complexity index is 1210. The molecule has 184 valence electrons. The predicted octanol–water partition coefficient (Wildman–Crippen LogP) is 2.57. The summed E-state index contributed by atoms with van der Waals surface area (Å²) in [7, 11) is 3.55. The van der Waals surface area contributed by atoms with Gasteiger partial charge in [-0.15, -0.1) is 0 Å². The number of carbonyl (C=O) groups is 2. The summed E-state index contributed by atoms with van der Waals surface area (Å²) in [6.45, 7) is 4.93. The highest BCUT2D eigenvalue weighted by Crippen LogP contribution is 2.43. The lowest BCUT2D eigenvalue weighted by atomic mass is 9.98. The minimum atomic E-state index is -0.339. The number of amides is 2. The van der Waals surface area contributed by atoms with Crippen molar-refractivity contribution in [3.05, 3.63) is 65.4 Å². The fourth-order valence-corrected chi connectivity index (χ4v) is 5.23. The number of nitrogens with zero attached hydrogens (tertiary/aromatic N) is 3. The van der Waals surface area contributed by atoms with Crippen LogP contribution in [-0.4, -0.2) is 79.2 Å². The number of aryl methyl sites for hydroxylation is 1. The maximum absolute atomic E-state index is 13.6. The lowest BCUT2D eigenvalue weighted by Crippen LogP contribution is -2.41. The van der Waals surface area contributed by atoms with Crippen molar-refractivity contribution in [1.82, 2.24) is 19.7 Å². The Kier molecular flexibility index (Phi) is 6.74. The molecule has 0 saturated carbocycles. The number of methoxy groups -OCH3 is 1. The second-order valence-corrected chi connectivity index (χ2v) is 9.10. The first-order valence-corrected chi connectivity index (χ1v) is 12.2. The van der Waals surface area contributed by atoms with Gasteiger partial charge in [-0.3, -0.25) is 14.5 Å². The van der Waals surface area contributed by atoms with Crippen molar-refractivity contribution in [3.8, 4) is 5.75 Å². The monoisotopic (exact) mass is 476 g/mol. The SMILES string of the molecule is COc1ccc([C@H]2c3c(n(C)c4ccccc34)C(=O)N2CC(=O)NCCCN2CCOCC2)cc1. The van der Waals surface area contributed by atoms with Gasteiger partial charge in [-0.2, -0.15) is 0 Å². The Morgan fingerprint density at radius 3 is 2.60 bits per heavy atom. The van der Waals surface area contributed by atoms with Crippen LogP contribution in [0.25, 0.3) is 10.9 Å². The van der Waals surface area contributed by atoms with Gasteiger partial charge in [0.1, 0.15) is 18.0 Å². The highest BCUT2D eigenvalue weighted by atomic mass is 16.5. The van der Waals surface area contributed by atoms with Crippen LogP contribution in [0.1, 0.15) is 34.1 Å². The third kappa shape index (κ3) is 4.51. The van der Waals surface area contributed by atoms with Gasteiger partial charge in [-0.25, -0.2) is 0 Å². The predicted molar refractivity (Wildman–Crippen MR) is 134 cm³/mol. The molecule has 0 spiro atoms. The third-order valence-corrected chi connectivity index (χ3v) is 7.02. The number of ether oxygens (including phenoxy) is 2. The van der Waals surface area contributed by atoms with Crippen molar-refractivity contribution in [2.24, 2.45) is 7.05 Å². The second-order valence-electron chi connectivity index (χ2n) is 9.10. The van der Waals surface area contributed by atoms with Crippen LogP contribution >= 0.6 is 0 Å². The molecule has 0 aliphatic carbocycles. The average molecular weight is 477 g/mol. The number of hydrogen-bond acceptors (Lipinski definition) is 5. The van der Waals surface area contributed by atoms with Gasteiger partial charge in [-0.05, 0) is 36.7 Å². The molecular weight excluding hydrogens is 444 g/mol. The van der Waals surface area contributed by atoms with Crippen LogP contribution in [0.5, 0.6) is 5.75 Å². The highest BCUT2D eigenvalue weighted by molar-refractivity contribution is 6.07. The minimum absolute atomic E-state index is 0.0100. The topological polar surface area (TPSA) is 76.0 Å². The molecule has 3 aromatic rings. The number of morpholine rings is 1. The summed E-state index contributed by atoms with van der Waals surface area (Å²) in [4.78, 5) is 30.6. The first kappa shape index (κ1) is 23.4. The Labute approximate surface area is 205 Å². The number of hydrogen-bond donors (Lipinski definition) is 1. The molecule has 1 fully saturated rings. The smallest absolute Gasteiger partial charge is 0.272 e. The van der Waals surface area contributed by atoms with Crippen molar-refractivity contribution in [3.63, 3.8) is 0 Å². The molecular formula is C27H32N4O4. The van der Waals surface area contributed by atoms with E-state index in [1.807, 2.05) is 60.1 Å². The lowest BCUT2D eigenvalue weighted by Gasteiger charge is -2.27. The third-order valence-electron chi connectivity index (χ3n) is 7.02. The molecule has 1 saturated heterocycles. The molecule has 2 aliphatic rings. The molecule has 1 aromatic heterocycles. The molecule has 2 amide bonds. The zero-order valence-electron chi connectivity index (χ0n) is 20.3. The zero-order chi connectivity index (χ0) is 24.4. The van der Waals surface area contributed by atoms with Crippen LogP contribution in [0.3, 0.4) is 0 Å².